The molecular formula is C23H28N2O4. The number of rotatable bonds is 7. The first-order valence-corrected chi connectivity index (χ1v) is 9.82. The van der Waals surface area contributed by atoms with Crippen molar-refractivity contribution in [2.24, 2.45) is 0 Å². The number of fused-ring (bicyclic) bond motifs is 1. The van der Waals surface area contributed by atoms with Gasteiger partial charge < -0.3 is 19.3 Å². The van der Waals surface area contributed by atoms with Crippen LogP contribution in [0.15, 0.2) is 42.5 Å². The van der Waals surface area contributed by atoms with Crippen LogP contribution in [0, 0.1) is 0 Å². The number of ether oxygens (including phenoxy) is 2. The highest BCUT2D eigenvalue weighted by Gasteiger charge is 2.23. The fraction of sp³-hybridized carbons (Fsp3) is 0.391. The van der Waals surface area contributed by atoms with Crippen LogP contribution >= 0.6 is 0 Å². The topological polar surface area (TPSA) is 59.1 Å². The third-order valence-electron chi connectivity index (χ3n) is 5.37. The minimum absolute atomic E-state index is 0.0120. The summed E-state index contributed by atoms with van der Waals surface area (Å²) in [5.41, 5.74) is 3.51. The number of hydrogen-bond donors (Lipinski definition) is 0. The smallest absolute Gasteiger partial charge is 0.242 e. The molecule has 0 aliphatic carbocycles. The van der Waals surface area contributed by atoms with Crippen LogP contribution in [-0.4, -0.2) is 55.5 Å². The summed E-state index contributed by atoms with van der Waals surface area (Å²) in [4.78, 5) is 28.4. The van der Waals surface area contributed by atoms with E-state index < -0.39 is 0 Å². The fourth-order valence-corrected chi connectivity index (χ4v) is 3.62. The monoisotopic (exact) mass is 396 g/mol. The van der Waals surface area contributed by atoms with Gasteiger partial charge in [0.05, 0.1) is 20.8 Å². The largest absolute Gasteiger partial charge is 0.493 e. The first kappa shape index (κ1) is 20.7. The van der Waals surface area contributed by atoms with E-state index in [-0.39, 0.29) is 18.4 Å². The molecule has 0 aromatic heterocycles. The second kappa shape index (κ2) is 9.45. The van der Waals surface area contributed by atoms with Crippen LogP contribution < -0.4 is 9.47 Å². The van der Waals surface area contributed by atoms with Gasteiger partial charge >= 0.3 is 0 Å². The van der Waals surface area contributed by atoms with E-state index in [1.807, 2.05) is 35.2 Å². The van der Waals surface area contributed by atoms with Gasteiger partial charge in [0.2, 0.25) is 11.8 Å². The van der Waals surface area contributed by atoms with Crippen molar-refractivity contribution in [1.29, 1.82) is 0 Å². The van der Waals surface area contributed by atoms with Crippen LogP contribution in [-0.2, 0) is 29.0 Å². The van der Waals surface area contributed by atoms with Crippen LogP contribution in [0.2, 0.25) is 0 Å². The molecular weight excluding hydrogens is 368 g/mol. The van der Waals surface area contributed by atoms with Gasteiger partial charge in [0.1, 0.15) is 0 Å². The summed E-state index contributed by atoms with van der Waals surface area (Å²) in [6.45, 7) is 3.38. The molecule has 0 atom stereocenters. The Bertz CT molecular complexity index is 881. The first-order chi connectivity index (χ1) is 14.0. The van der Waals surface area contributed by atoms with E-state index in [1.165, 1.54) is 18.1 Å². The average Bonchev–Trinajstić information content (AvgIpc) is 2.75. The van der Waals surface area contributed by atoms with Gasteiger partial charge in [0.15, 0.2) is 11.5 Å². The Labute approximate surface area is 172 Å². The van der Waals surface area contributed by atoms with Crippen LogP contribution in [0.1, 0.15) is 23.6 Å². The van der Waals surface area contributed by atoms with Crippen LogP contribution in [0.5, 0.6) is 11.5 Å². The maximum atomic E-state index is 12.8. The van der Waals surface area contributed by atoms with Crippen molar-refractivity contribution in [3.63, 3.8) is 0 Å². The van der Waals surface area contributed by atoms with Crippen LogP contribution in [0.25, 0.3) is 0 Å². The van der Waals surface area contributed by atoms with E-state index in [0.29, 0.717) is 37.6 Å². The van der Waals surface area contributed by atoms with Gasteiger partial charge in [-0.25, -0.2) is 0 Å². The molecule has 0 unspecified atom stereocenters. The second-order valence-electron chi connectivity index (χ2n) is 7.21. The molecule has 2 amide bonds. The third-order valence-corrected chi connectivity index (χ3v) is 5.37. The number of nitrogens with zero attached hydrogens (tertiary/aromatic N) is 2. The number of carbonyl (C=O) groups is 2. The number of methoxy groups -OCH3 is 2. The van der Waals surface area contributed by atoms with E-state index in [4.69, 9.17) is 9.47 Å². The van der Waals surface area contributed by atoms with Crippen molar-refractivity contribution < 1.29 is 19.1 Å². The minimum Gasteiger partial charge on any atom is -0.493 e. The Hall–Kier alpha value is -3.02. The molecule has 1 heterocycles. The fourth-order valence-electron chi connectivity index (χ4n) is 3.62. The average molecular weight is 396 g/mol. The van der Waals surface area contributed by atoms with Crippen molar-refractivity contribution in [2.45, 2.75) is 26.3 Å². The van der Waals surface area contributed by atoms with Gasteiger partial charge in [0, 0.05) is 26.6 Å². The molecule has 3 rings (SSSR count). The van der Waals surface area contributed by atoms with Crippen LogP contribution in [0.4, 0.5) is 0 Å². The Kier molecular flexibility index (Phi) is 6.75. The summed E-state index contributed by atoms with van der Waals surface area (Å²) in [5, 5.41) is 0. The predicted molar refractivity (Wildman–Crippen MR) is 111 cm³/mol. The molecule has 0 N–H and O–H groups in total. The van der Waals surface area contributed by atoms with Gasteiger partial charge in [-0.05, 0) is 41.7 Å². The zero-order valence-electron chi connectivity index (χ0n) is 17.3. The van der Waals surface area contributed by atoms with Crippen molar-refractivity contribution in [3.05, 3.63) is 59.2 Å². The quantitative estimate of drug-likeness (QED) is 0.722. The van der Waals surface area contributed by atoms with Crippen molar-refractivity contribution in [2.75, 3.05) is 33.9 Å². The summed E-state index contributed by atoms with van der Waals surface area (Å²) >= 11 is 0. The Morgan fingerprint density at radius 1 is 1.03 bits per heavy atom. The summed E-state index contributed by atoms with van der Waals surface area (Å²) in [7, 11) is 3.19. The number of benzene rings is 2. The Balaban J connectivity index is 1.60. The van der Waals surface area contributed by atoms with Gasteiger partial charge in [-0.3, -0.25) is 9.59 Å². The molecule has 2 aromatic rings. The molecule has 29 heavy (non-hydrogen) atoms. The Morgan fingerprint density at radius 2 is 1.76 bits per heavy atom. The molecule has 0 spiro atoms. The van der Waals surface area contributed by atoms with Gasteiger partial charge in [-0.15, -0.1) is 0 Å². The molecule has 1 aliphatic rings. The number of carbonyl (C=O) groups excluding carboxylic acids is 2. The van der Waals surface area contributed by atoms with Crippen molar-refractivity contribution in [1.82, 2.24) is 9.80 Å². The molecule has 0 saturated heterocycles. The molecule has 154 valence electrons. The summed E-state index contributed by atoms with van der Waals surface area (Å²) < 4.78 is 10.6. The van der Waals surface area contributed by atoms with Gasteiger partial charge in [0.25, 0.3) is 0 Å². The molecule has 1 aliphatic heterocycles. The highest BCUT2D eigenvalue weighted by Crippen LogP contribution is 2.27. The molecule has 6 nitrogen and oxygen atoms in total. The normalized spacial score (nSPS) is 12.9. The highest BCUT2D eigenvalue weighted by molar-refractivity contribution is 5.84. The van der Waals surface area contributed by atoms with Crippen molar-refractivity contribution in [3.8, 4) is 11.5 Å². The lowest BCUT2D eigenvalue weighted by Gasteiger charge is -2.31. The molecule has 6 heteroatoms. The summed E-state index contributed by atoms with van der Waals surface area (Å²) in [6.07, 6.45) is 1.49. The number of hydrogen-bond acceptors (Lipinski definition) is 4. The summed E-state index contributed by atoms with van der Waals surface area (Å²) in [5.74, 6) is 1.21. The standard InChI is InChI=1S/C23H28N2O4/c1-17(26)24(12-10-18-8-9-21(28-2)22(14-18)29-3)16-23(27)25-13-11-19-6-4-5-7-20(19)15-25/h4-9,14H,10-13,15-16H2,1-3H3. The molecule has 0 bridgehead atoms. The Morgan fingerprint density at radius 3 is 2.45 bits per heavy atom. The van der Waals surface area contributed by atoms with E-state index in [9.17, 15) is 9.59 Å². The minimum atomic E-state index is -0.101. The zero-order chi connectivity index (χ0) is 20.8. The first-order valence-electron chi connectivity index (χ1n) is 9.82. The van der Waals surface area contributed by atoms with E-state index in [1.54, 1.807) is 19.1 Å². The maximum absolute atomic E-state index is 12.8. The van der Waals surface area contributed by atoms with Gasteiger partial charge in [-0.1, -0.05) is 30.3 Å². The molecule has 0 fully saturated rings. The van der Waals surface area contributed by atoms with E-state index in [0.717, 1.165) is 12.0 Å². The lowest BCUT2D eigenvalue weighted by atomic mass is 10.00. The lowest BCUT2D eigenvalue weighted by molar-refractivity contribution is -0.140. The predicted octanol–water partition coefficient (Wildman–Crippen LogP) is 2.68. The number of amides is 2. The van der Waals surface area contributed by atoms with Gasteiger partial charge in [-0.2, -0.15) is 0 Å². The van der Waals surface area contributed by atoms with Crippen LogP contribution in [0.3, 0.4) is 0 Å². The molecule has 0 radical (unpaired) electrons. The third kappa shape index (κ3) is 5.08. The summed E-state index contributed by atoms with van der Waals surface area (Å²) in [6, 6.07) is 13.9. The second-order valence-corrected chi connectivity index (χ2v) is 7.21. The molecule has 0 saturated carbocycles. The van der Waals surface area contributed by atoms with E-state index in [2.05, 4.69) is 12.1 Å². The maximum Gasteiger partial charge on any atom is 0.242 e. The lowest BCUT2D eigenvalue weighted by Crippen LogP contribution is -2.44. The SMILES string of the molecule is COc1ccc(CCN(CC(=O)N2CCc3ccccc3C2)C(C)=O)cc1OC. The molecule has 2 aromatic carbocycles. The highest BCUT2D eigenvalue weighted by atomic mass is 16.5. The zero-order valence-corrected chi connectivity index (χ0v) is 17.3. The van der Waals surface area contributed by atoms with Crippen molar-refractivity contribution >= 4 is 11.8 Å². The van der Waals surface area contributed by atoms with E-state index >= 15 is 0 Å².